The molecule has 27 heavy (non-hydrogen) atoms. The lowest BCUT2D eigenvalue weighted by molar-refractivity contribution is 0.0793. The number of halogens is 1. The zero-order valence-electron chi connectivity index (χ0n) is 15.2. The van der Waals surface area contributed by atoms with Gasteiger partial charge in [0.05, 0.1) is 17.3 Å². The number of carbonyl (C=O) groups excluding carboxylic acids is 1. The molecule has 1 fully saturated rings. The Morgan fingerprint density at radius 1 is 1.07 bits per heavy atom. The largest absolute Gasteiger partial charge is 0.377 e. The fraction of sp³-hybridized carbons (Fsp3) is 0.348. The molecule has 1 aliphatic carbocycles. The van der Waals surface area contributed by atoms with Gasteiger partial charge < -0.3 is 10.2 Å². The van der Waals surface area contributed by atoms with Crippen molar-refractivity contribution in [2.45, 2.75) is 31.2 Å². The molecule has 2 heterocycles. The molecule has 0 radical (unpaired) electrons. The smallest absolute Gasteiger partial charge is 0.255 e. The van der Waals surface area contributed by atoms with Crippen LogP contribution in [-0.2, 0) is 0 Å². The number of carbonyl (C=O) groups is 1. The van der Waals surface area contributed by atoms with E-state index in [0.717, 1.165) is 48.6 Å². The van der Waals surface area contributed by atoms with Crippen LogP contribution >= 0.6 is 11.6 Å². The molecule has 138 valence electrons. The zero-order valence-corrected chi connectivity index (χ0v) is 16.0. The Morgan fingerprint density at radius 2 is 1.85 bits per heavy atom. The molecule has 4 heteroatoms. The molecule has 5 rings (SSSR count). The van der Waals surface area contributed by atoms with Crippen molar-refractivity contribution in [3.05, 3.63) is 76.3 Å². The van der Waals surface area contributed by atoms with E-state index in [0.29, 0.717) is 11.8 Å². The van der Waals surface area contributed by atoms with Gasteiger partial charge in [-0.2, -0.15) is 0 Å². The van der Waals surface area contributed by atoms with E-state index in [4.69, 9.17) is 11.6 Å². The van der Waals surface area contributed by atoms with Gasteiger partial charge in [-0.25, -0.2) is 0 Å². The van der Waals surface area contributed by atoms with Gasteiger partial charge in [0.1, 0.15) is 0 Å². The highest BCUT2D eigenvalue weighted by Crippen LogP contribution is 2.50. The van der Waals surface area contributed by atoms with Crippen molar-refractivity contribution >= 4 is 23.2 Å². The maximum atomic E-state index is 13.1. The van der Waals surface area contributed by atoms with Crippen LogP contribution in [0.1, 0.15) is 52.7 Å². The Balaban J connectivity index is 1.57. The number of amides is 1. The van der Waals surface area contributed by atoms with Gasteiger partial charge in [-0.15, -0.1) is 0 Å². The van der Waals surface area contributed by atoms with Crippen molar-refractivity contribution in [3.63, 3.8) is 0 Å². The van der Waals surface area contributed by atoms with Gasteiger partial charge >= 0.3 is 0 Å². The molecule has 3 atom stereocenters. The molecule has 2 aromatic carbocycles. The van der Waals surface area contributed by atoms with Gasteiger partial charge in [-0.3, -0.25) is 4.79 Å². The molecule has 3 nitrogen and oxygen atoms in total. The van der Waals surface area contributed by atoms with Crippen LogP contribution in [0.3, 0.4) is 0 Å². The number of para-hydroxylation sites is 1. The number of hydrogen-bond acceptors (Lipinski definition) is 2. The number of anilines is 1. The second-order valence-corrected chi connectivity index (χ2v) is 8.23. The first-order valence-electron chi connectivity index (χ1n) is 9.83. The van der Waals surface area contributed by atoms with E-state index in [-0.39, 0.29) is 11.9 Å². The van der Waals surface area contributed by atoms with E-state index in [9.17, 15) is 4.79 Å². The molecule has 0 spiro atoms. The summed E-state index contributed by atoms with van der Waals surface area (Å²) in [6.45, 7) is 1.74. The van der Waals surface area contributed by atoms with Crippen molar-refractivity contribution < 1.29 is 4.79 Å². The summed E-state index contributed by atoms with van der Waals surface area (Å²) in [5.41, 5.74) is 4.31. The second kappa shape index (κ2) is 6.72. The van der Waals surface area contributed by atoms with Crippen molar-refractivity contribution in [3.8, 4) is 0 Å². The Hall–Kier alpha value is -2.26. The van der Waals surface area contributed by atoms with Crippen LogP contribution in [0.15, 0.2) is 54.6 Å². The van der Waals surface area contributed by atoms with E-state index < -0.39 is 0 Å². The number of fused-ring (bicyclic) bond motifs is 3. The Labute approximate surface area is 165 Å². The molecule has 0 bridgehead atoms. The number of hydrogen-bond donors (Lipinski definition) is 1. The quantitative estimate of drug-likeness (QED) is 0.709. The van der Waals surface area contributed by atoms with Crippen LogP contribution in [0, 0.1) is 5.92 Å². The minimum atomic E-state index is 0.159. The number of nitrogens with one attached hydrogen (secondary N) is 1. The van der Waals surface area contributed by atoms with E-state index in [1.165, 1.54) is 11.1 Å². The van der Waals surface area contributed by atoms with Crippen LogP contribution in [0.4, 0.5) is 5.69 Å². The fourth-order valence-corrected chi connectivity index (χ4v) is 5.02. The second-order valence-electron chi connectivity index (χ2n) is 7.80. The van der Waals surface area contributed by atoms with E-state index in [2.05, 4.69) is 35.7 Å². The minimum absolute atomic E-state index is 0.159. The van der Waals surface area contributed by atoms with Gasteiger partial charge in [0, 0.05) is 24.0 Å². The number of rotatable bonds is 2. The van der Waals surface area contributed by atoms with Crippen molar-refractivity contribution in [2.75, 3.05) is 18.4 Å². The van der Waals surface area contributed by atoms with Gasteiger partial charge in [0.25, 0.3) is 5.91 Å². The van der Waals surface area contributed by atoms with Crippen LogP contribution < -0.4 is 5.32 Å². The summed E-state index contributed by atoms with van der Waals surface area (Å²) in [5.74, 6) is 0.983. The Bertz CT molecular complexity index is 899. The van der Waals surface area contributed by atoms with E-state index in [1.807, 2.05) is 29.2 Å². The Kier molecular flexibility index (Phi) is 4.20. The van der Waals surface area contributed by atoms with Crippen molar-refractivity contribution in [2.24, 2.45) is 5.92 Å². The molecule has 1 saturated heterocycles. The van der Waals surface area contributed by atoms with E-state index >= 15 is 0 Å². The normalized spacial score (nSPS) is 25.8. The first kappa shape index (κ1) is 16.9. The molecule has 3 unspecified atom stereocenters. The minimum Gasteiger partial charge on any atom is -0.377 e. The van der Waals surface area contributed by atoms with Gasteiger partial charge in [-0.05, 0) is 54.5 Å². The van der Waals surface area contributed by atoms with Crippen LogP contribution in [0.5, 0.6) is 0 Å². The van der Waals surface area contributed by atoms with Gasteiger partial charge in [0.2, 0.25) is 0 Å². The molecule has 1 amide bonds. The highest BCUT2D eigenvalue weighted by atomic mass is 35.5. The first-order chi connectivity index (χ1) is 13.2. The lowest BCUT2D eigenvalue weighted by Gasteiger charge is -2.38. The Morgan fingerprint density at radius 3 is 2.63 bits per heavy atom. The maximum absolute atomic E-state index is 13.1. The van der Waals surface area contributed by atoms with Crippen molar-refractivity contribution in [1.29, 1.82) is 0 Å². The summed E-state index contributed by atoms with van der Waals surface area (Å²) < 4.78 is 0. The molecule has 2 aromatic rings. The third kappa shape index (κ3) is 2.85. The summed E-state index contributed by atoms with van der Waals surface area (Å²) >= 11 is 6.10. The van der Waals surface area contributed by atoms with Crippen LogP contribution in [0.2, 0.25) is 5.02 Å². The predicted molar refractivity (Wildman–Crippen MR) is 109 cm³/mol. The third-order valence-electron chi connectivity index (χ3n) is 6.25. The topological polar surface area (TPSA) is 32.3 Å². The summed E-state index contributed by atoms with van der Waals surface area (Å²) in [4.78, 5) is 15.1. The molecule has 2 aliphatic heterocycles. The molecule has 0 aromatic heterocycles. The maximum Gasteiger partial charge on any atom is 0.255 e. The monoisotopic (exact) mass is 378 g/mol. The SMILES string of the molecule is O=C(c1cccc2c1NC(c1ccc(Cl)cc1)C1CC=CC21)N1CCCC1. The molecule has 3 aliphatic rings. The number of benzene rings is 2. The molecular weight excluding hydrogens is 356 g/mol. The van der Waals surface area contributed by atoms with Crippen LogP contribution in [0.25, 0.3) is 0 Å². The summed E-state index contributed by atoms with van der Waals surface area (Å²) in [7, 11) is 0. The van der Waals surface area contributed by atoms with Gasteiger partial charge in [0.15, 0.2) is 0 Å². The first-order valence-corrected chi connectivity index (χ1v) is 10.2. The summed E-state index contributed by atoms with van der Waals surface area (Å²) in [6, 6.07) is 14.5. The molecular formula is C23H23ClN2O. The average molecular weight is 379 g/mol. The summed E-state index contributed by atoms with van der Waals surface area (Å²) in [6.07, 6.45) is 7.86. The van der Waals surface area contributed by atoms with Gasteiger partial charge in [-0.1, -0.05) is 48.0 Å². The highest BCUT2D eigenvalue weighted by Gasteiger charge is 2.39. The summed E-state index contributed by atoms with van der Waals surface area (Å²) in [5, 5.41) is 4.50. The molecule has 1 N–H and O–H groups in total. The highest BCUT2D eigenvalue weighted by molar-refractivity contribution is 6.30. The van der Waals surface area contributed by atoms with Crippen LogP contribution in [-0.4, -0.2) is 23.9 Å². The number of nitrogens with zero attached hydrogens (tertiary/aromatic N) is 1. The predicted octanol–water partition coefficient (Wildman–Crippen LogP) is 5.40. The standard InChI is InChI=1S/C23H23ClN2O/c24-16-11-9-15(10-12-16)21-18-6-3-5-17(18)19-7-4-8-20(22(19)25-21)23(27)26-13-1-2-14-26/h3-5,7-12,17-18,21,25H,1-2,6,13-14H2. The lowest BCUT2D eigenvalue weighted by Crippen LogP contribution is -2.33. The number of allylic oxidation sites excluding steroid dienone is 2. The molecule has 0 saturated carbocycles. The number of likely N-dealkylation sites (tertiary alicyclic amines) is 1. The third-order valence-corrected chi connectivity index (χ3v) is 6.50. The van der Waals surface area contributed by atoms with E-state index in [1.54, 1.807) is 0 Å². The average Bonchev–Trinajstić information content (AvgIpc) is 3.39. The fourth-order valence-electron chi connectivity index (χ4n) is 4.89. The zero-order chi connectivity index (χ0) is 18.4. The lowest BCUT2D eigenvalue weighted by atomic mass is 9.76. The van der Waals surface area contributed by atoms with Crippen molar-refractivity contribution in [1.82, 2.24) is 4.90 Å².